The zero-order valence-corrected chi connectivity index (χ0v) is 11.4. The van der Waals surface area contributed by atoms with Gasteiger partial charge in [0.15, 0.2) is 0 Å². The third-order valence-corrected chi connectivity index (χ3v) is 3.52. The first kappa shape index (κ1) is 12.0. The van der Waals surface area contributed by atoms with Gasteiger partial charge < -0.3 is 4.90 Å². The molecule has 0 unspecified atom stereocenters. The van der Waals surface area contributed by atoms with Gasteiger partial charge in [-0.2, -0.15) is 0 Å². The largest absolute Gasteiger partial charge is 0.300 e. The second kappa shape index (κ2) is 4.59. The molecule has 0 spiro atoms. The SMILES string of the molecule is O=C1C(=O)N(Cc2ccncc2)c2cc(Br)ccc21. The van der Waals surface area contributed by atoms with Crippen LogP contribution in [0.25, 0.3) is 0 Å². The van der Waals surface area contributed by atoms with Gasteiger partial charge in [0, 0.05) is 16.9 Å². The molecule has 0 radical (unpaired) electrons. The van der Waals surface area contributed by atoms with Gasteiger partial charge in [0.25, 0.3) is 11.7 Å². The molecule has 0 bridgehead atoms. The fraction of sp³-hybridized carbons (Fsp3) is 0.0714. The molecule has 0 fully saturated rings. The highest BCUT2D eigenvalue weighted by Crippen LogP contribution is 2.32. The number of hydrogen-bond acceptors (Lipinski definition) is 3. The van der Waals surface area contributed by atoms with Gasteiger partial charge in [0.1, 0.15) is 0 Å². The van der Waals surface area contributed by atoms with Crippen molar-refractivity contribution in [2.24, 2.45) is 0 Å². The van der Waals surface area contributed by atoms with E-state index in [1.165, 1.54) is 4.90 Å². The molecule has 0 saturated heterocycles. The summed E-state index contributed by atoms with van der Waals surface area (Å²) in [6.07, 6.45) is 3.33. The first-order valence-electron chi connectivity index (χ1n) is 5.71. The minimum absolute atomic E-state index is 0.372. The first-order chi connectivity index (χ1) is 9.16. The van der Waals surface area contributed by atoms with Crippen LogP contribution >= 0.6 is 15.9 Å². The van der Waals surface area contributed by atoms with Crippen LogP contribution in [-0.2, 0) is 11.3 Å². The Morgan fingerprint density at radius 1 is 1.11 bits per heavy atom. The van der Waals surface area contributed by atoms with Crippen LogP contribution in [0.2, 0.25) is 0 Å². The zero-order valence-electron chi connectivity index (χ0n) is 9.84. The zero-order chi connectivity index (χ0) is 13.4. The Labute approximate surface area is 118 Å². The van der Waals surface area contributed by atoms with E-state index in [9.17, 15) is 9.59 Å². The molecule has 1 amide bonds. The van der Waals surface area contributed by atoms with Gasteiger partial charge in [-0.3, -0.25) is 14.6 Å². The number of carbonyl (C=O) groups is 2. The summed E-state index contributed by atoms with van der Waals surface area (Å²) in [4.78, 5) is 29.3. The fourth-order valence-corrected chi connectivity index (χ4v) is 2.44. The number of hydrogen-bond donors (Lipinski definition) is 0. The van der Waals surface area contributed by atoms with Gasteiger partial charge in [0.05, 0.1) is 17.8 Å². The summed E-state index contributed by atoms with van der Waals surface area (Å²) in [6, 6.07) is 8.88. The van der Waals surface area contributed by atoms with Crippen LogP contribution < -0.4 is 4.90 Å². The number of nitrogens with zero attached hydrogens (tertiary/aromatic N) is 2. The number of rotatable bonds is 2. The van der Waals surface area contributed by atoms with E-state index in [0.29, 0.717) is 17.8 Å². The quantitative estimate of drug-likeness (QED) is 0.800. The van der Waals surface area contributed by atoms with E-state index in [1.54, 1.807) is 30.6 Å². The minimum atomic E-state index is -0.482. The van der Waals surface area contributed by atoms with Crippen LogP contribution in [0.15, 0.2) is 47.2 Å². The van der Waals surface area contributed by atoms with Crippen LogP contribution in [0.5, 0.6) is 0 Å². The van der Waals surface area contributed by atoms with E-state index in [1.807, 2.05) is 12.1 Å². The lowest BCUT2D eigenvalue weighted by Crippen LogP contribution is -2.29. The molecule has 3 rings (SSSR count). The fourth-order valence-electron chi connectivity index (χ4n) is 2.10. The number of pyridine rings is 1. The Morgan fingerprint density at radius 2 is 1.84 bits per heavy atom. The Balaban J connectivity index is 2.01. The number of carbonyl (C=O) groups excluding carboxylic acids is 2. The molecule has 2 aromatic rings. The summed E-state index contributed by atoms with van der Waals surface area (Å²) in [5.74, 6) is -0.929. The van der Waals surface area contributed by atoms with E-state index in [4.69, 9.17) is 0 Å². The molecule has 1 aliphatic rings. The standard InChI is InChI=1S/C14H9BrN2O2/c15-10-1-2-11-12(7-10)17(14(19)13(11)18)8-9-3-5-16-6-4-9/h1-7H,8H2. The summed E-state index contributed by atoms with van der Waals surface area (Å²) in [7, 11) is 0. The number of aromatic nitrogens is 1. The molecular weight excluding hydrogens is 308 g/mol. The van der Waals surface area contributed by atoms with Crippen molar-refractivity contribution in [1.29, 1.82) is 0 Å². The number of fused-ring (bicyclic) bond motifs is 1. The van der Waals surface area contributed by atoms with Crippen molar-refractivity contribution >= 4 is 33.3 Å². The molecule has 19 heavy (non-hydrogen) atoms. The molecule has 1 aromatic carbocycles. The monoisotopic (exact) mass is 316 g/mol. The summed E-state index contributed by atoms with van der Waals surface area (Å²) in [5.41, 5.74) is 2.05. The lowest BCUT2D eigenvalue weighted by Gasteiger charge is -2.16. The van der Waals surface area contributed by atoms with Crippen molar-refractivity contribution in [2.75, 3.05) is 4.90 Å². The smallest absolute Gasteiger partial charge is 0.299 e. The maximum absolute atomic E-state index is 12.0. The van der Waals surface area contributed by atoms with E-state index in [0.717, 1.165) is 10.0 Å². The predicted octanol–water partition coefficient (Wildman–Crippen LogP) is 2.57. The summed E-state index contributed by atoms with van der Waals surface area (Å²) in [6.45, 7) is 0.372. The van der Waals surface area contributed by atoms with Gasteiger partial charge in [-0.25, -0.2) is 0 Å². The second-order valence-electron chi connectivity index (χ2n) is 4.24. The van der Waals surface area contributed by atoms with Gasteiger partial charge in [-0.1, -0.05) is 15.9 Å². The number of ketones is 1. The number of benzene rings is 1. The molecule has 94 valence electrons. The van der Waals surface area contributed by atoms with E-state index < -0.39 is 11.7 Å². The van der Waals surface area contributed by atoms with Crippen LogP contribution in [0.1, 0.15) is 15.9 Å². The van der Waals surface area contributed by atoms with Crippen LogP contribution in [0.3, 0.4) is 0 Å². The topological polar surface area (TPSA) is 50.3 Å². The highest BCUT2D eigenvalue weighted by molar-refractivity contribution is 9.10. The molecule has 0 N–H and O–H groups in total. The highest BCUT2D eigenvalue weighted by atomic mass is 79.9. The average Bonchev–Trinajstić information content (AvgIpc) is 2.65. The van der Waals surface area contributed by atoms with E-state index in [2.05, 4.69) is 20.9 Å². The molecule has 1 aromatic heterocycles. The van der Waals surface area contributed by atoms with Gasteiger partial charge in [-0.05, 0) is 35.9 Å². The van der Waals surface area contributed by atoms with Gasteiger partial charge in [0.2, 0.25) is 0 Å². The third-order valence-electron chi connectivity index (χ3n) is 3.02. The van der Waals surface area contributed by atoms with Crippen LogP contribution in [0.4, 0.5) is 5.69 Å². The Kier molecular flexibility index (Phi) is 2.91. The second-order valence-corrected chi connectivity index (χ2v) is 5.15. The number of Topliss-reactive ketones (excluding diaryl/α,β-unsaturated/α-hetero) is 1. The van der Waals surface area contributed by atoms with Crippen LogP contribution in [0, 0.1) is 0 Å². The van der Waals surface area contributed by atoms with Crippen LogP contribution in [-0.4, -0.2) is 16.7 Å². The normalized spacial score (nSPS) is 13.8. The van der Waals surface area contributed by atoms with Gasteiger partial charge in [-0.15, -0.1) is 0 Å². The number of anilines is 1. The van der Waals surface area contributed by atoms with Crippen molar-refractivity contribution in [3.63, 3.8) is 0 Å². The highest BCUT2D eigenvalue weighted by Gasteiger charge is 2.35. The van der Waals surface area contributed by atoms with Crippen molar-refractivity contribution in [3.05, 3.63) is 58.3 Å². The molecule has 1 aliphatic heterocycles. The lowest BCUT2D eigenvalue weighted by atomic mass is 10.1. The molecular formula is C14H9BrN2O2. The Bertz CT molecular complexity index is 670. The van der Waals surface area contributed by atoms with Gasteiger partial charge >= 0.3 is 0 Å². The minimum Gasteiger partial charge on any atom is -0.300 e. The Morgan fingerprint density at radius 3 is 2.58 bits per heavy atom. The molecule has 2 heterocycles. The summed E-state index contributed by atoms with van der Waals surface area (Å²) < 4.78 is 0.841. The average molecular weight is 317 g/mol. The maximum Gasteiger partial charge on any atom is 0.299 e. The maximum atomic E-state index is 12.0. The van der Waals surface area contributed by atoms with E-state index in [-0.39, 0.29) is 0 Å². The van der Waals surface area contributed by atoms with Crippen molar-refractivity contribution < 1.29 is 9.59 Å². The number of halogens is 1. The van der Waals surface area contributed by atoms with E-state index >= 15 is 0 Å². The first-order valence-corrected chi connectivity index (χ1v) is 6.51. The molecule has 4 nitrogen and oxygen atoms in total. The third kappa shape index (κ3) is 2.06. The Hall–Kier alpha value is -2.01. The number of amides is 1. The molecule has 0 atom stereocenters. The summed E-state index contributed by atoms with van der Waals surface area (Å²) >= 11 is 3.36. The molecule has 0 aliphatic carbocycles. The molecule has 0 saturated carbocycles. The van der Waals surface area contributed by atoms with Crippen molar-refractivity contribution in [3.8, 4) is 0 Å². The van der Waals surface area contributed by atoms with Crippen molar-refractivity contribution in [2.45, 2.75) is 6.54 Å². The summed E-state index contributed by atoms with van der Waals surface area (Å²) in [5, 5.41) is 0. The molecule has 5 heteroatoms. The lowest BCUT2D eigenvalue weighted by molar-refractivity contribution is -0.114. The van der Waals surface area contributed by atoms with Crippen molar-refractivity contribution in [1.82, 2.24) is 4.98 Å². The predicted molar refractivity (Wildman–Crippen MR) is 73.9 cm³/mol.